The van der Waals surface area contributed by atoms with Gasteiger partial charge in [-0.3, -0.25) is 4.90 Å². The minimum Gasteiger partial charge on any atom is -0.301 e. The summed E-state index contributed by atoms with van der Waals surface area (Å²) in [5.74, 6) is 1.03. The Kier molecular flexibility index (Phi) is 4.02. The van der Waals surface area contributed by atoms with Gasteiger partial charge in [0.1, 0.15) is 0 Å². The Morgan fingerprint density at radius 3 is 2.44 bits per heavy atom. The van der Waals surface area contributed by atoms with E-state index < -0.39 is 0 Å². The molecule has 1 aliphatic heterocycles. The van der Waals surface area contributed by atoms with Crippen molar-refractivity contribution in [3.63, 3.8) is 0 Å². The zero-order chi connectivity index (χ0) is 12.4. The van der Waals surface area contributed by atoms with E-state index in [0.29, 0.717) is 0 Å². The van der Waals surface area contributed by atoms with Crippen molar-refractivity contribution in [2.24, 2.45) is 5.92 Å². The molecular weight excluding hydrogens is 288 g/mol. The van der Waals surface area contributed by atoms with E-state index in [1.165, 1.54) is 55.6 Å². The summed E-state index contributed by atoms with van der Waals surface area (Å²) in [6.07, 6.45) is 2.94. The third-order valence-electron chi connectivity index (χ3n) is 3.97. The zero-order valence-corrected chi connectivity index (χ0v) is 12.4. The predicted octanol–water partition coefficient (Wildman–Crippen LogP) is 2.98. The van der Waals surface area contributed by atoms with E-state index in [-0.39, 0.29) is 0 Å². The second kappa shape index (κ2) is 5.72. The molecule has 3 heteroatoms. The van der Waals surface area contributed by atoms with Crippen molar-refractivity contribution in [1.29, 1.82) is 0 Å². The van der Waals surface area contributed by atoms with Gasteiger partial charge >= 0.3 is 0 Å². The molecule has 1 aromatic carbocycles. The van der Waals surface area contributed by atoms with Crippen LogP contribution < -0.4 is 0 Å². The lowest BCUT2D eigenvalue weighted by atomic mass is 10.2. The smallest absolute Gasteiger partial charge is 0.0235 e. The van der Waals surface area contributed by atoms with Gasteiger partial charge in [-0.05, 0) is 36.5 Å². The molecule has 18 heavy (non-hydrogen) atoms. The molecule has 0 unspecified atom stereocenters. The first kappa shape index (κ1) is 12.6. The van der Waals surface area contributed by atoms with Crippen LogP contribution >= 0.6 is 15.9 Å². The highest BCUT2D eigenvalue weighted by Crippen LogP contribution is 2.30. The number of benzene rings is 1. The quantitative estimate of drug-likeness (QED) is 0.844. The van der Waals surface area contributed by atoms with Crippen molar-refractivity contribution in [2.45, 2.75) is 19.4 Å². The van der Waals surface area contributed by atoms with Crippen LogP contribution in [0.15, 0.2) is 28.7 Å². The first-order valence-electron chi connectivity index (χ1n) is 6.99. The van der Waals surface area contributed by atoms with Crippen LogP contribution in [-0.4, -0.2) is 42.5 Å². The molecule has 1 aliphatic carbocycles. The summed E-state index contributed by atoms with van der Waals surface area (Å²) in [6.45, 7) is 7.40. The summed E-state index contributed by atoms with van der Waals surface area (Å²) in [5, 5.41) is 0. The third-order valence-corrected chi connectivity index (χ3v) is 4.47. The standard InChI is InChI=1S/C15H21BrN2/c16-15-3-1-2-14(10-15)12-18-8-6-17(7-9-18)11-13-4-5-13/h1-3,10,13H,4-9,11-12H2. The molecule has 2 nitrogen and oxygen atoms in total. The van der Waals surface area contributed by atoms with Gasteiger partial charge in [0.25, 0.3) is 0 Å². The third kappa shape index (κ3) is 3.56. The van der Waals surface area contributed by atoms with Crippen LogP contribution in [0.3, 0.4) is 0 Å². The van der Waals surface area contributed by atoms with Gasteiger partial charge in [0, 0.05) is 43.7 Å². The van der Waals surface area contributed by atoms with Crippen molar-refractivity contribution in [3.8, 4) is 0 Å². The minimum atomic E-state index is 1.03. The average molecular weight is 309 g/mol. The molecule has 0 amide bonds. The lowest BCUT2D eigenvalue weighted by Crippen LogP contribution is -2.46. The number of hydrogen-bond acceptors (Lipinski definition) is 2. The van der Waals surface area contributed by atoms with Gasteiger partial charge in [-0.2, -0.15) is 0 Å². The van der Waals surface area contributed by atoms with Crippen LogP contribution in [0, 0.1) is 5.92 Å². The summed E-state index contributed by atoms with van der Waals surface area (Å²) in [5.41, 5.74) is 1.42. The molecule has 0 atom stereocenters. The maximum atomic E-state index is 3.54. The molecule has 0 radical (unpaired) electrons. The van der Waals surface area contributed by atoms with Crippen molar-refractivity contribution in [1.82, 2.24) is 9.80 Å². The Bertz CT molecular complexity index is 395. The fraction of sp³-hybridized carbons (Fsp3) is 0.600. The van der Waals surface area contributed by atoms with Gasteiger partial charge in [0.2, 0.25) is 0 Å². The van der Waals surface area contributed by atoms with Crippen LogP contribution in [-0.2, 0) is 6.54 Å². The molecule has 98 valence electrons. The van der Waals surface area contributed by atoms with Gasteiger partial charge in [-0.1, -0.05) is 28.1 Å². The predicted molar refractivity (Wildman–Crippen MR) is 78.6 cm³/mol. The number of halogens is 1. The lowest BCUT2D eigenvalue weighted by molar-refractivity contribution is 0.123. The van der Waals surface area contributed by atoms with Crippen molar-refractivity contribution in [3.05, 3.63) is 34.3 Å². The molecule has 1 aromatic rings. The molecule has 0 aromatic heterocycles. The molecule has 0 spiro atoms. The highest BCUT2D eigenvalue weighted by molar-refractivity contribution is 9.10. The van der Waals surface area contributed by atoms with Gasteiger partial charge in [-0.25, -0.2) is 0 Å². The summed E-state index contributed by atoms with van der Waals surface area (Å²) in [4.78, 5) is 5.22. The Morgan fingerprint density at radius 2 is 1.78 bits per heavy atom. The Morgan fingerprint density at radius 1 is 1.06 bits per heavy atom. The molecule has 3 rings (SSSR count). The number of hydrogen-bond donors (Lipinski definition) is 0. The highest BCUT2D eigenvalue weighted by Gasteiger charge is 2.26. The highest BCUT2D eigenvalue weighted by atomic mass is 79.9. The van der Waals surface area contributed by atoms with Crippen molar-refractivity contribution in [2.75, 3.05) is 32.7 Å². The Labute approximate surface area is 118 Å². The van der Waals surface area contributed by atoms with E-state index in [9.17, 15) is 0 Å². The zero-order valence-electron chi connectivity index (χ0n) is 10.8. The molecule has 1 saturated carbocycles. The van der Waals surface area contributed by atoms with Gasteiger partial charge in [-0.15, -0.1) is 0 Å². The monoisotopic (exact) mass is 308 g/mol. The van der Waals surface area contributed by atoms with Gasteiger partial charge in [0.15, 0.2) is 0 Å². The summed E-state index contributed by atoms with van der Waals surface area (Å²) in [6, 6.07) is 8.68. The van der Waals surface area contributed by atoms with Gasteiger partial charge in [0.05, 0.1) is 0 Å². The number of nitrogens with zero attached hydrogens (tertiary/aromatic N) is 2. The Balaban J connectivity index is 1.47. The van der Waals surface area contributed by atoms with E-state index in [2.05, 4.69) is 50.0 Å². The minimum absolute atomic E-state index is 1.03. The van der Waals surface area contributed by atoms with Crippen LogP contribution in [0.1, 0.15) is 18.4 Å². The number of piperazine rings is 1. The molecule has 1 saturated heterocycles. The molecule has 2 fully saturated rings. The maximum Gasteiger partial charge on any atom is 0.0235 e. The molecule has 1 heterocycles. The van der Waals surface area contributed by atoms with Crippen molar-refractivity contribution < 1.29 is 0 Å². The second-order valence-corrected chi connectivity index (χ2v) is 6.57. The first-order chi connectivity index (χ1) is 8.79. The summed E-state index contributed by atoms with van der Waals surface area (Å²) in [7, 11) is 0. The topological polar surface area (TPSA) is 6.48 Å². The molecule has 0 N–H and O–H groups in total. The summed E-state index contributed by atoms with van der Waals surface area (Å²) < 4.78 is 1.19. The normalized spacial score (nSPS) is 22.3. The Hall–Kier alpha value is -0.380. The molecule has 2 aliphatic rings. The molecular formula is C15H21BrN2. The van der Waals surface area contributed by atoms with Crippen LogP contribution in [0.5, 0.6) is 0 Å². The molecule has 0 bridgehead atoms. The van der Waals surface area contributed by atoms with E-state index in [0.717, 1.165) is 12.5 Å². The van der Waals surface area contributed by atoms with Crippen molar-refractivity contribution >= 4 is 15.9 Å². The second-order valence-electron chi connectivity index (χ2n) is 5.65. The lowest BCUT2D eigenvalue weighted by Gasteiger charge is -2.34. The van der Waals surface area contributed by atoms with E-state index in [1.807, 2.05) is 0 Å². The first-order valence-corrected chi connectivity index (χ1v) is 7.78. The fourth-order valence-electron chi connectivity index (χ4n) is 2.69. The van der Waals surface area contributed by atoms with Crippen LogP contribution in [0.4, 0.5) is 0 Å². The fourth-order valence-corrected chi connectivity index (χ4v) is 3.14. The maximum absolute atomic E-state index is 3.54. The van der Waals surface area contributed by atoms with Crippen LogP contribution in [0.25, 0.3) is 0 Å². The SMILES string of the molecule is Brc1cccc(CN2CCN(CC3CC3)CC2)c1. The van der Waals surface area contributed by atoms with E-state index in [4.69, 9.17) is 0 Å². The summed E-state index contributed by atoms with van der Waals surface area (Å²) >= 11 is 3.54. The van der Waals surface area contributed by atoms with E-state index in [1.54, 1.807) is 0 Å². The van der Waals surface area contributed by atoms with Gasteiger partial charge < -0.3 is 4.90 Å². The average Bonchev–Trinajstić information content (AvgIpc) is 3.16. The largest absolute Gasteiger partial charge is 0.301 e. The van der Waals surface area contributed by atoms with E-state index >= 15 is 0 Å². The van der Waals surface area contributed by atoms with Crippen LogP contribution in [0.2, 0.25) is 0 Å². The number of rotatable bonds is 4.